The second kappa shape index (κ2) is 11.2. The average Bonchev–Trinajstić information content (AvgIpc) is 2.23. The molecule has 1 heterocycles. The molecule has 0 aliphatic carbocycles. The van der Waals surface area contributed by atoms with Crippen molar-refractivity contribution in [2.45, 2.75) is 19.4 Å². The van der Waals surface area contributed by atoms with Gasteiger partial charge in [-0.15, -0.1) is 0 Å². The normalized spacial score (nSPS) is 19.8. The summed E-state index contributed by atoms with van der Waals surface area (Å²) in [5, 5.41) is 12.0. The van der Waals surface area contributed by atoms with Crippen LogP contribution in [0.15, 0.2) is 0 Å². The molecular weight excluding hydrogens is 332 g/mol. The van der Waals surface area contributed by atoms with E-state index in [1.807, 2.05) is 0 Å². The van der Waals surface area contributed by atoms with Crippen LogP contribution in [0, 0.1) is 0 Å². The minimum absolute atomic E-state index is 0.316. The first-order valence-corrected chi connectivity index (χ1v) is 8.59. The van der Waals surface area contributed by atoms with E-state index in [9.17, 15) is 0 Å². The summed E-state index contributed by atoms with van der Waals surface area (Å²) in [6, 6.07) is 0.635. The number of hydrogen-bond donors (Lipinski definition) is 6. The average molecular weight is 354 g/mol. The van der Waals surface area contributed by atoms with E-state index >= 15 is 0 Å². The Morgan fingerprint density at radius 2 is 1.52 bits per heavy atom. The largest absolute Gasteiger partial charge is 0.396 e. The number of aliphatic hydroxyl groups is 1. The van der Waals surface area contributed by atoms with Gasteiger partial charge in [-0.25, -0.2) is 0 Å². The standard InChI is InChI=1S/C8H18N2O.2H2O4S/c1-8-7-9-3-5-10(8)4-2-6-11;2*1-5(2,3)4/h8-9,11H,2-7H2,1H3;2*(H2,1,2,3,4). The number of rotatable bonds is 3. The molecule has 1 aliphatic rings. The van der Waals surface area contributed by atoms with Crippen LogP contribution in [-0.2, 0) is 20.8 Å². The Morgan fingerprint density at radius 3 is 1.86 bits per heavy atom. The monoisotopic (exact) mass is 354 g/mol. The van der Waals surface area contributed by atoms with Crippen LogP contribution in [-0.4, -0.2) is 83.9 Å². The maximum Gasteiger partial charge on any atom is 0.394 e. The number of nitrogens with one attached hydrogen (secondary N) is 1. The summed E-state index contributed by atoms with van der Waals surface area (Å²) in [4.78, 5) is 2.42. The lowest BCUT2D eigenvalue weighted by Crippen LogP contribution is -2.50. The van der Waals surface area contributed by atoms with E-state index in [4.69, 9.17) is 40.2 Å². The van der Waals surface area contributed by atoms with Crippen LogP contribution < -0.4 is 5.32 Å². The molecule has 1 rings (SSSR count). The minimum Gasteiger partial charge on any atom is -0.396 e. The van der Waals surface area contributed by atoms with Crippen LogP contribution in [0.3, 0.4) is 0 Å². The molecule has 1 atom stereocenters. The highest BCUT2D eigenvalue weighted by molar-refractivity contribution is 7.80. The molecule has 0 radical (unpaired) electrons. The smallest absolute Gasteiger partial charge is 0.394 e. The van der Waals surface area contributed by atoms with E-state index in [1.165, 1.54) is 0 Å². The van der Waals surface area contributed by atoms with Gasteiger partial charge in [-0.05, 0) is 13.3 Å². The third-order valence-electron chi connectivity index (χ3n) is 2.24. The molecule has 1 saturated heterocycles. The fourth-order valence-corrected chi connectivity index (χ4v) is 1.49. The van der Waals surface area contributed by atoms with Crippen LogP contribution >= 0.6 is 0 Å². The second-order valence-corrected chi connectivity index (χ2v) is 5.85. The summed E-state index contributed by atoms with van der Waals surface area (Å²) < 4.78 is 63.2. The van der Waals surface area contributed by atoms with Gasteiger partial charge in [0, 0.05) is 38.8 Å². The second-order valence-electron chi connectivity index (χ2n) is 4.06. The zero-order chi connectivity index (χ0) is 17.1. The van der Waals surface area contributed by atoms with Crippen LogP contribution in [0.25, 0.3) is 0 Å². The minimum atomic E-state index is -4.67. The lowest BCUT2D eigenvalue weighted by Gasteiger charge is -2.33. The molecular formula is C8H22N2O9S2. The highest BCUT2D eigenvalue weighted by Crippen LogP contribution is 2.02. The van der Waals surface area contributed by atoms with E-state index in [-0.39, 0.29) is 0 Å². The van der Waals surface area contributed by atoms with Gasteiger partial charge in [0.05, 0.1) is 0 Å². The number of nitrogens with zero attached hydrogens (tertiary/aromatic N) is 1. The summed E-state index contributed by atoms with van der Waals surface area (Å²) in [6.07, 6.45) is 0.907. The molecule has 0 aromatic rings. The fourth-order valence-electron chi connectivity index (χ4n) is 1.49. The van der Waals surface area contributed by atoms with Gasteiger partial charge in [-0.1, -0.05) is 0 Å². The van der Waals surface area contributed by atoms with E-state index < -0.39 is 20.8 Å². The molecule has 21 heavy (non-hydrogen) atoms. The van der Waals surface area contributed by atoms with Crippen molar-refractivity contribution >= 4 is 20.8 Å². The molecule has 1 fully saturated rings. The van der Waals surface area contributed by atoms with E-state index in [0.29, 0.717) is 12.6 Å². The van der Waals surface area contributed by atoms with Crippen molar-refractivity contribution in [1.82, 2.24) is 10.2 Å². The SMILES string of the molecule is CC1CNCCN1CCCO.O=S(=O)(O)O.O=S(=O)(O)O. The zero-order valence-electron chi connectivity index (χ0n) is 11.5. The van der Waals surface area contributed by atoms with Gasteiger partial charge in [-0.3, -0.25) is 23.1 Å². The quantitative estimate of drug-likeness (QED) is 0.319. The Hall–Kier alpha value is -0.380. The van der Waals surface area contributed by atoms with Crippen molar-refractivity contribution in [3.8, 4) is 0 Å². The van der Waals surface area contributed by atoms with Gasteiger partial charge >= 0.3 is 20.8 Å². The number of aliphatic hydroxyl groups excluding tert-OH is 1. The van der Waals surface area contributed by atoms with Crippen molar-refractivity contribution in [2.24, 2.45) is 0 Å². The fraction of sp³-hybridized carbons (Fsp3) is 1.00. The van der Waals surface area contributed by atoms with E-state index in [0.717, 1.165) is 32.6 Å². The van der Waals surface area contributed by atoms with Gasteiger partial charge < -0.3 is 10.4 Å². The topological polar surface area (TPSA) is 185 Å². The van der Waals surface area contributed by atoms with Crippen LogP contribution in [0.5, 0.6) is 0 Å². The first kappa shape index (κ1) is 22.9. The molecule has 0 aromatic heterocycles. The number of hydrogen-bond acceptors (Lipinski definition) is 7. The Morgan fingerprint density at radius 1 is 1.10 bits per heavy atom. The predicted molar refractivity (Wildman–Crippen MR) is 74.0 cm³/mol. The maximum absolute atomic E-state index is 8.74. The van der Waals surface area contributed by atoms with Crippen molar-refractivity contribution in [2.75, 3.05) is 32.8 Å². The molecule has 6 N–H and O–H groups in total. The van der Waals surface area contributed by atoms with Crippen LogP contribution in [0.4, 0.5) is 0 Å². The van der Waals surface area contributed by atoms with Gasteiger partial charge in [-0.2, -0.15) is 16.8 Å². The highest BCUT2D eigenvalue weighted by atomic mass is 32.3. The summed E-state index contributed by atoms with van der Waals surface area (Å²) in [6.45, 7) is 6.89. The number of piperazine rings is 1. The van der Waals surface area contributed by atoms with Crippen LogP contribution in [0.2, 0.25) is 0 Å². The summed E-state index contributed by atoms with van der Waals surface area (Å²) in [7, 11) is -9.33. The van der Waals surface area contributed by atoms with Crippen LogP contribution in [0.1, 0.15) is 13.3 Å². The summed E-state index contributed by atoms with van der Waals surface area (Å²) >= 11 is 0. The maximum atomic E-state index is 8.74. The molecule has 0 bridgehead atoms. The predicted octanol–water partition coefficient (Wildman–Crippen LogP) is -1.64. The molecule has 13 heteroatoms. The van der Waals surface area contributed by atoms with E-state index in [2.05, 4.69) is 17.1 Å². The third kappa shape index (κ3) is 28.5. The molecule has 0 amide bonds. The molecule has 130 valence electrons. The van der Waals surface area contributed by atoms with Gasteiger partial charge in [0.15, 0.2) is 0 Å². The lowest BCUT2D eigenvalue weighted by atomic mass is 10.2. The molecule has 0 saturated carbocycles. The molecule has 11 nitrogen and oxygen atoms in total. The Balaban J connectivity index is 0. The first-order valence-electron chi connectivity index (χ1n) is 5.80. The van der Waals surface area contributed by atoms with Crippen molar-refractivity contribution in [3.63, 3.8) is 0 Å². The van der Waals surface area contributed by atoms with Crippen molar-refractivity contribution < 1.29 is 40.2 Å². The Kier molecular flexibility index (Phi) is 12.2. The zero-order valence-corrected chi connectivity index (χ0v) is 13.1. The van der Waals surface area contributed by atoms with Crippen molar-refractivity contribution in [3.05, 3.63) is 0 Å². The van der Waals surface area contributed by atoms with Gasteiger partial charge in [0.25, 0.3) is 0 Å². The van der Waals surface area contributed by atoms with Gasteiger partial charge in [0.2, 0.25) is 0 Å². The molecule has 0 aromatic carbocycles. The Labute approximate surface area is 124 Å². The molecule has 1 aliphatic heterocycles. The van der Waals surface area contributed by atoms with E-state index in [1.54, 1.807) is 0 Å². The molecule has 1 unspecified atom stereocenters. The summed E-state index contributed by atoms with van der Waals surface area (Å²) in [5.41, 5.74) is 0. The summed E-state index contributed by atoms with van der Waals surface area (Å²) in [5.74, 6) is 0. The highest BCUT2D eigenvalue weighted by Gasteiger charge is 2.16. The van der Waals surface area contributed by atoms with Crippen molar-refractivity contribution in [1.29, 1.82) is 0 Å². The van der Waals surface area contributed by atoms with Gasteiger partial charge in [0.1, 0.15) is 0 Å². The Bertz CT molecular complexity index is 404. The first-order chi connectivity index (χ1) is 9.34. The lowest BCUT2D eigenvalue weighted by molar-refractivity contribution is 0.156. The molecule has 0 spiro atoms. The third-order valence-corrected chi connectivity index (χ3v) is 2.24.